The van der Waals surface area contributed by atoms with Gasteiger partial charge in [0.1, 0.15) is 11.5 Å². The molecule has 3 heterocycles. The molecule has 1 aromatic carbocycles. The van der Waals surface area contributed by atoms with Crippen LogP contribution in [0.15, 0.2) is 28.8 Å². The molecule has 27 heavy (non-hydrogen) atoms. The van der Waals surface area contributed by atoms with Crippen LogP contribution in [0.1, 0.15) is 35.5 Å². The zero-order valence-electron chi connectivity index (χ0n) is 16.4. The molecular weight excluding hydrogens is 342 g/mol. The minimum absolute atomic E-state index is 0.132. The van der Waals surface area contributed by atoms with Gasteiger partial charge in [-0.3, -0.25) is 9.69 Å². The quantitative estimate of drug-likeness (QED) is 0.829. The van der Waals surface area contributed by atoms with Crippen molar-refractivity contribution in [3.05, 3.63) is 46.8 Å². The summed E-state index contributed by atoms with van der Waals surface area (Å²) in [4.78, 5) is 16.8. The Bertz CT molecular complexity index is 810. The molecule has 2 aliphatic rings. The minimum Gasteiger partial charge on any atom is -0.497 e. The largest absolute Gasteiger partial charge is 0.497 e. The van der Waals surface area contributed by atoms with Crippen LogP contribution < -0.4 is 4.74 Å². The summed E-state index contributed by atoms with van der Waals surface area (Å²) >= 11 is 0. The predicted octanol–water partition coefficient (Wildman–Crippen LogP) is 2.95. The maximum Gasteiger partial charge on any atom is 0.219 e. The van der Waals surface area contributed by atoms with E-state index in [2.05, 4.69) is 22.2 Å². The summed E-state index contributed by atoms with van der Waals surface area (Å²) < 4.78 is 10.6. The van der Waals surface area contributed by atoms with Gasteiger partial charge in [-0.15, -0.1) is 0 Å². The highest BCUT2D eigenvalue weighted by Crippen LogP contribution is 2.45. The van der Waals surface area contributed by atoms with Crippen molar-refractivity contribution in [3.8, 4) is 5.75 Å². The Morgan fingerprint density at radius 2 is 1.96 bits per heavy atom. The molecule has 0 radical (unpaired) electrons. The van der Waals surface area contributed by atoms with Crippen molar-refractivity contribution in [2.45, 2.75) is 33.4 Å². The van der Waals surface area contributed by atoms with Crippen molar-refractivity contribution in [1.82, 2.24) is 15.0 Å². The van der Waals surface area contributed by atoms with E-state index in [1.807, 2.05) is 30.9 Å². The van der Waals surface area contributed by atoms with Gasteiger partial charge in [0, 0.05) is 44.6 Å². The van der Waals surface area contributed by atoms with E-state index in [1.54, 1.807) is 14.0 Å². The molecule has 1 aromatic heterocycles. The number of aryl methyl sites for hydroxylation is 2. The van der Waals surface area contributed by atoms with Gasteiger partial charge in [0.05, 0.1) is 18.8 Å². The van der Waals surface area contributed by atoms with Crippen LogP contribution in [-0.4, -0.2) is 47.6 Å². The molecule has 1 amide bonds. The van der Waals surface area contributed by atoms with E-state index in [4.69, 9.17) is 9.26 Å². The first-order valence-corrected chi connectivity index (χ1v) is 9.53. The maximum atomic E-state index is 12.3. The topological polar surface area (TPSA) is 58.8 Å². The van der Waals surface area contributed by atoms with Gasteiger partial charge < -0.3 is 14.2 Å². The lowest BCUT2D eigenvalue weighted by molar-refractivity contribution is -0.130. The summed E-state index contributed by atoms with van der Waals surface area (Å²) in [7, 11) is 1.67. The number of benzene rings is 1. The van der Waals surface area contributed by atoms with Gasteiger partial charge in [0.2, 0.25) is 5.91 Å². The third-order valence-corrected chi connectivity index (χ3v) is 6.16. The Morgan fingerprint density at radius 1 is 1.22 bits per heavy atom. The SMILES string of the molecule is COc1ccc([C@H]2[C@@H]3CN(Cc4c(C)noc4C)C[C@@H]3CN2C(C)=O)cc1. The number of nitrogens with zero attached hydrogens (tertiary/aromatic N) is 3. The lowest BCUT2D eigenvalue weighted by Crippen LogP contribution is -2.34. The van der Waals surface area contributed by atoms with Crippen LogP contribution in [-0.2, 0) is 11.3 Å². The summed E-state index contributed by atoms with van der Waals surface area (Å²) in [6.07, 6.45) is 0. The van der Waals surface area contributed by atoms with E-state index in [-0.39, 0.29) is 11.9 Å². The average molecular weight is 369 g/mol. The zero-order valence-corrected chi connectivity index (χ0v) is 16.4. The molecule has 2 aliphatic heterocycles. The van der Waals surface area contributed by atoms with Gasteiger partial charge in [-0.1, -0.05) is 17.3 Å². The number of amides is 1. The Balaban J connectivity index is 1.56. The fourth-order valence-corrected chi connectivity index (χ4v) is 4.77. The number of hydrogen-bond donors (Lipinski definition) is 0. The van der Waals surface area contributed by atoms with E-state index in [1.165, 1.54) is 11.1 Å². The number of aromatic nitrogens is 1. The number of hydrogen-bond acceptors (Lipinski definition) is 5. The highest BCUT2D eigenvalue weighted by Gasteiger charge is 2.48. The molecule has 0 bridgehead atoms. The molecule has 2 fully saturated rings. The van der Waals surface area contributed by atoms with Gasteiger partial charge in [0.15, 0.2) is 0 Å². The van der Waals surface area contributed by atoms with Crippen LogP contribution in [0, 0.1) is 25.7 Å². The molecule has 0 spiro atoms. The third kappa shape index (κ3) is 3.23. The highest BCUT2D eigenvalue weighted by molar-refractivity contribution is 5.74. The lowest BCUT2D eigenvalue weighted by atomic mass is 9.89. The average Bonchev–Trinajstić information content (AvgIpc) is 3.30. The second kappa shape index (κ2) is 7.00. The molecule has 0 N–H and O–H groups in total. The summed E-state index contributed by atoms with van der Waals surface area (Å²) in [5.74, 6) is 2.85. The van der Waals surface area contributed by atoms with Gasteiger partial charge in [-0.25, -0.2) is 0 Å². The first-order valence-electron chi connectivity index (χ1n) is 9.53. The van der Waals surface area contributed by atoms with Gasteiger partial charge in [0.25, 0.3) is 0 Å². The van der Waals surface area contributed by atoms with Crippen molar-refractivity contribution >= 4 is 5.91 Å². The predicted molar refractivity (Wildman–Crippen MR) is 101 cm³/mol. The fraction of sp³-hybridized carbons (Fsp3) is 0.524. The standard InChI is InChI=1S/C21H27N3O3/c1-13-19(14(2)27-22-13)11-23-9-17-10-24(15(3)25)21(20(17)12-23)16-5-7-18(26-4)8-6-16/h5-8,17,20-21H,9-12H2,1-4H3/t17-,20-,21+/m1/s1. The molecule has 0 aliphatic carbocycles. The summed E-state index contributed by atoms with van der Waals surface area (Å²) in [5, 5.41) is 4.08. The second-order valence-corrected chi connectivity index (χ2v) is 7.81. The van der Waals surface area contributed by atoms with Crippen LogP contribution in [0.25, 0.3) is 0 Å². The van der Waals surface area contributed by atoms with Crippen molar-refractivity contribution < 1.29 is 14.1 Å². The van der Waals surface area contributed by atoms with E-state index >= 15 is 0 Å². The maximum absolute atomic E-state index is 12.3. The smallest absolute Gasteiger partial charge is 0.219 e. The summed E-state index contributed by atoms with van der Waals surface area (Å²) in [6, 6.07) is 8.29. The molecule has 4 rings (SSSR count). The number of carbonyl (C=O) groups excluding carboxylic acids is 1. The molecule has 6 nitrogen and oxygen atoms in total. The van der Waals surface area contributed by atoms with Crippen molar-refractivity contribution in [2.24, 2.45) is 11.8 Å². The van der Waals surface area contributed by atoms with E-state index in [0.717, 1.165) is 43.4 Å². The first kappa shape index (κ1) is 18.0. The molecule has 3 atom stereocenters. The second-order valence-electron chi connectivity index (χ2n) is 7.81. The molecule has 2 saturated heterocycles. The highest BCUT2D eigenvalue weighted by atomic mass is 16.5. The van der Waals surface area contributed by atoms with Crippen LogP contribution in [0.3, 0.4) is 0 Å². The summed E-state index contributed by atoms with van der Waals surface area (Å²) in [5.41, 5.74) is 3.36. The van der Waals surface area contributed by atoms with Crippen molar-refractivity contribution in [1.29, 1.82) is 0 Å². The number of rotatable bonds is 4. The molecular formula is C21H27N3O3. The minimum atomic E-state index is 0.132. The normalized spacial score (nSPS) is 25.0. The monoisotopic (exact) mass is 369 g/mol. The molecule has 0 unspecified atom stereocenters. The lowest BCUT2D eigenvalue weighted by Gasteiger charge is -2.29. The zero-order chi connectivity index (χ0) is 19.1. The van der Waals surface area contributed by atoms with Crippen molar-refractivity contribution in [3.63, 3.8) is 0 Å². The first-order chi connectivity index (χ1) is 13.0. The Hall–Kier alpha value is -2.34. The van der Waals surface area contributed by atoms with Crippen LogP contribution >= 0.6 is 0 Å². The van der Waals surface area contributed by atoms with Gasteiger partial charge in [-0.2, -0.15) is 0 Å². The Labute approximate surface area is 160 Å². The molecule has 6 heteroatoms. The Kier molecular flexibility index (Phi) is 4.68. The molecule has 144 valence electrons. The number of methoxy groups -OCH3 is 1. The number of fused-ring (bicyclic) bond motifs is 1. The summed E-state index contributed by atoms with van der Waals surface area (Å²) in [6.45, 7) is 9.34. The van der Waals surface area contributed by atoms with Crippen LogP contribution in [0.2, 0.25) is 0 Å². The van der Waals surface area contributed by atoms with E-state index in [0.29, 0.717) is 11.8 Å². The number of likely N-dealkylation sites (tertiary alicyclic amines) is 2. The number of carbonyl (C=O) groups is 1. The molecule has 2 aromatic rings. The van der Waals surface area contributed by atoms with E-state index in [9.17, 15) is 4.79 Å². The van der Waals surface area contributed by atoms with Crippen LogP contribution in [0.5, 0.6) is 5.75 Å². The Morgan fingerprint density at radius 3 is 2.56 bits per heavy atom. The molecule has 0 saturated carbocycles. The van der Waals surface area contributed by atoms with Gasteiger partial charge >= 0.3 is 0 Å². The van der Waals surface area contributed by atoms with Crippen molar-refractivity contribution in [2.75, 3.05) is 26.7 Å². The number of ether oxygens (including phenoxy) is 1. The van der Waals surface area contributed by atoms with Crippen LogP contribution in [0.4, 0.5) is 0 Å². The fourth-order valence-electron chi connectivity index (χ4n) is 4.77. The third-order valence-electron chi connectivity index (χ3n) is 6.16. The van der Waals surface area contributed by atoms with Gasteiger partial charge in [-0.05, 0) is 37.5 Å². The van der Waals surface area contributed by atoms with E-state index < -0.39 is 0 Å².